The van der Waals surface area contributed by atoms with Gasteiger partial charge in [0.25, 0.3) is 0 Å². The fourth-order valence-electron chi connectivity index (χ4n) is 1.08. The van der Waals surface area contributed by atoms with E-state index >= 15 is 0 Å². The van der Waals surface area contributed by atoms with Gasteiger partial charge in [-0.25, -0.2) is 0 Å². The van der Waals surface area contributed by atoms with Crippen LogP contribution in [0.1, 0.15) is 27.7 Å². The van der Waals surface area contributed by atoms with Crippen LogP contribution in [0, 0.1) is 11.8 Å². The molecule has 0 radical (unpaired) electrons. The number of amides is 1. The average molecular weight is 261 g/mol. The molecular formula is C12H23NO3S. The number of rotatable bonds is 7. The van der Waals surface area contributed by atoms with Crippen molar-refractivity contribution in [2.24, 2.45) is 11.8 Å². The van der Waals surface area contributed by atoms with Crippen LogP contribution in [0.4, 0.5) is 0 Å². The first-order chi connectivity index (χ1) is 7.88. The Kier molecular flexibility index (Phi) is 8.04. The summed E-state index contributed by atoms with van der Waals surface area (Å²) in [5, 5.41) is 2.73. The van der Waals surface area contributed by atoms with E-state index in [9.17, 15) is 9.59 Å². The molecule has 1 amide bonds. The second-order valence-corrected chi connectivity index (χ2v) is 5.91. The number of methoxy groups -OCH3 is 1. The number of esters is 1. The van der Waals surface area contributed by atoms with Crippen LogP contribution >= 0.6 is 11.8 Å². The lowest BCUT2D eigenvalue weighted by Crippen LogP contribution is -2.34. The highest BCUT2D eigenvalue weighted by Gasteiger charge is 2.18. The molecule has 5 heteroatoms. The van der Waals surface area contributed by atoms with Crippen molar-refractivity contribution in [3.8, 4) is 0 Å². The number of hydrogen-bond acceptors (Lipinski definition) is 4. The second kappa shape index (κ2) is 8.39. The Hall–Kier alpha value is -0.710. The van der Waals surface area contributed by atoms with Crippen molar-refractivity contribution in [2.45, 2.75) is 32.9 Å². The minimum Gasteiger partial charge on any atom is -0.469 e. The maximum absolute atomic E-state index is 11.7. The molecule has 4 nitrogen and oxygen atoms in total. The molecule has 0 fully saturated rings. The van der Waals surface area contributed by atoms with Gasteiger partial charge in [0.05, 0.1) is 18.3 Å². The third-order valence-electron chi connectivity index (χ3n) is 2.25. The van der Waals surface area contributed by atoms with Gasteiger partial charge in [-0.1, -0.05) is 20.8 Å². The van der Waals surface area contributed by atoms with Crippen LogP contribution in [0.5, 0.6) is 0 Å². The molecule has 0 aromatic carbocycles. The molecule has 0 aromatic heterocycles. The first-order valence-corrected chi connectivity index (χ1v) is 6.90. The molecule has 0 rings (SSSR count). The van der Waals surface area contributed by atoms with E-state index in [-0.39, 0.29) is 23.0 Å². The molecule has 100 valence electrons. The van der Waals surface area contributed by atoms with Crippen molar-refractivity contribution in [1.82, 2.24) is 5.32 Å². The lowest BCUT2D eigenvalue weighted by atomic mass is 10.2. The minimum atomic E-state index is -0.229. The summed E-state index contributed by atoms with van der Waals surface area (Å²) in [7, 11) is 1.38. The van der Waals surface area contributed by atoms with Crippen LogP contribution in [0.25, 0.3) is 0 Å². The Morgan fingerprint density at radius 2 is 1.82 bits per heavy atom. The SMILES string of the molecule is COC(=O)C(C)CSC(C)C(=O)NCC(C)C. The summed E-state index contributed by atoms with van der Waals surface area (Å²) in [6, 6.07) is 0. The Balaban J connectivity index is 3.88. The zero-order valence-electron chi connectivity index (χ0n) is 11.3. The highest BCUT2D eigenvalue weighted by atomic mass is 32.2. The fraction of sp³-hybridized carbons (Fsp3) is 0.833. The van der Waals surface area contributed by atoms with Crippen LogP contribution in [0.15, 0.2) is 0 Å². The van der Waals surface area contributed by atoms with Crippen molar-refractivity contribution in [3.63, 3.8) is 0 Å². The molecule has 17 heavy (non-hydrogen) atoms. The number of hydrogen-bond donors (Lipinski definition) is 1. The zero-order chi connectivity index (χ0) is 13.4. The van der Waals surface area contributed by atoms with E-state index in [1.54, 1.807) is 6.92 Å². The molecule has 0 heterocycles. The number of thioether (sulfide) groups is 1. The molecule has 0 aliphatic carbocycles. The van der Waals surface area contributed by atoms with Gasteiger partial charge in [-0.3, -0.25) is 9.59 Å². The van der Waals surface area contributed by atoms with Gasteiger partial charge in [-0.2, -0.15) is 0 Å². The van der Waals surface area contributed by atoms with E-state index < -0.39 is 0 Å². The summed E-state index contributed by atoms with van der Waals surface area (Å²) in [5.74, 6) is 0.673. The van der Waals surface area contributed by atoms with Crippen molar-refractivity contribution in [1.29, 1.82) is 0 Å². The van der Waals surface area contributed by atoms with Gasteiger partial charge < -0.3 is 10.1 Å². The number of carbonyl (C=O) groups excluding carboxylic acids is 2. The van der Waals surface area contributed by atoms with Gasteiger partial charge in [-0.15, -0.1) is 11.8 Å². The highest BCUT2D eigenvalue weighted by Crippen LogP contribution is 2.15. The average Bonchev–Trinajstić information content (AvgIpc) is 2.31. The van der Waals surface area contributed by atoms with Crippen molar-refractivity contribution < 1.29 is 14.3 Å². The van der Waals surface area contributed by atoms with E-state index in [4.69, 9.17) is 0 Å². The minimum absolute atomic E-state index is 0.0285. The lowest BCUT2D eigenvalue weighted by molar-refractivity contribution is -0.144. The number of nitrogens with one attached hydrogen (secondary N) is 1. The molecule has 1 N–H and O–H groups in total. The van der Waals surface area contributed by atoms with E-state index in [2.05, 4.69) is 23.9 Å². The number of carbonyl (C=O) groups is 2. The van der Waals surface area contributed by atoms with Gasteiger partial charge in [0.15, 0.2) is 0 Å². The van der Waals surface area contributed by atoms with Gasteiger partial charge in [-0.05, 0) is 12.8 Å². The maximum atomic E-state index is 11.7. The largest absolute Gasteiger partial charge is 0.469 e. The van der Waals surface area contributed by atoms with Gasteiger partial charge >= 0.3 is 5.97 Å². The van der Waals surface area contributed by atoms with E-state index in [1.807, 2.05) is 6.92 Å². The quantitative estimate of drug-likeness (QED) is 0.709. The van der Waals surface area contributed by atoms with Crippen molar-refractivity contribution in [2.75, 3.05) is 19.4 Å². The van der Waals surface area contributed by atoms with E-state index in [1.165, 1.54) is 18.9 Å². The normalized spacial score (nSPS) is 14.2. The van der Waals surface area contributed by atoms with Crippen LogP contribution in [-0.4, -0.2) is 36.5 Å². The summed E-state index contributed by atoms with van der Waals surface area (Å²) < 4.78 is 4.63. The first-order valence-electron chi connectivity index (χ1n) is 5.85. The summed E-state index contributed by atoms with van der Waals surface area (Å²) in [6.07, 6.45) is 0. The van der Waals surface area contributed by atoms with Crippen LogP contribution in [0.3, 0.4) is 0 Å². The third kappa shape index (κ3) is 7.26. The van der Waals surface area contributed by atoms with Crippen LogP contribution < -0.4 is 5.32 Å². The molecule has 0 bridgehead atoms. The zero-order valence-corrected chi connectivity index (χ0v) is 12.1. The monoisotopic (exact) mass is 261 g/mol. The molecule has 0 aliphatic heterocycles. The standard InChI is InChI=1S/C12H23NO3S/c1-8(2)6-13-11(14)10(4)17-7-9(3)12(15)16-5/h8-10H,6-7H2,1-5H3,(H,13,14). The van der Waals surface area contributed by atoms with Crippen molar-refractivity contribution in [3.05, 3.63) is 0 Å². The molecule has 0 spiro atoms. The third-order valence-corrected chi connectivity index (χ3v) is 3.66. The summed E-state index contributed by atoms with van der Waals surface area (Å²) in [5.41, 5.74) is 0. The summed E-state index contributed by atoms with van der Waals surface area (Å²) in [4.78, 5) is 22.8. The summed E-state index contributed by atoms with van der Waals surface area (Å²) in [6.45, 7) is 8.45. The molecule has 2 atom stereocenters. The van der Waals surface area contributed by atoms with Crippen LogP contribution in [0.2, 0.25) is 0 Å². The molecule has 0 aliphatic rings. The van der Waals surface area contributed by atoms with E-state index in [0.717, 1.165) is 0 Å². The highest BCUT2D eigenvalue weighted by molar-refractivity contribution is 8.00. The fourth-order valence-corrected chi connectivity index (χ4v) is 2.03. The molecule has 2 unspecified atom stereocenters. The predicted molar refractivity (Wildman–Crippen MR) is 70.9 cm³/mol. The maximum Gasteiger partial charge on any atom is 0.309 e. The Bertz CT molecular complexity index is 256. The van der Waals surface area contributed by atoms with E-state index in [0.29, 0.717) is 18.2 Å². The van der Waals surface area contributed by atoms with Crippen LogP contribution in [-0.2, 0) is 14.3 Å². The molecule has 0 saturated heterocycles. The summed E-state index contributed by atoms with van der Waals surface area (Å²) >= 11 is 1.48. The van der Waals surface area contributed by atoms with Gasteiger partial charge in [0.1, 0.15) is 0 Å². The van der Waals surface area contributed by atoms with Gasteiger partial charge in [0.2, 0.25) is 5.91 Å². The van der Waals surface area contributed by atoms with Gasteiger partial charge in [0, 0.05) is 12.3 Å². The lowest BCUT2D eigenvalue weighted by Gasteiger charge is -2.15. The first kappa shape index (κ1) is 16.3. The Morgan fingerprint density at radius 1 is 1.24 bits per heavy atom. The topological polar surface area (TPSA) is 55.4 Å². The number of ether oxygens (including phenoxy) is 1. The van der Waals surface area contributed by atoms with Crippen molar-refractivity contribution >= 4 is 23.6 Å². The second-order valence-electron chi connectivity index (χ2n) is 4.54. The molecule has 0 saturated carbocycles. The molecule has 0 aromatic rings. The Labute approximate surface area is 108 Å². The Morgan fingerprint density at radius 3 is 2.29 bits per heavy atom. The molecular weight excluding hydrogens is 238 g/mol. The predicted octanol–water partition coefficient (Wildman–Crippen LogP) is 1.69. The smallest absolute Gasteiger partial charge is 0.309 e.